The Morgan fingerprint density at radius 3 is 2.42 bits per heavy atom. The maximum atomic E-state index is 13.2. The zero-order chi connectivity index (χ0) is 27.9. The third-order valence-corrected chi connectivity index (χ3v) is 7.74. The second-order valence-electron chi connectivity index (χ2n) is 9.20. The molecule has 3 aromatic rings. The Bertz CT molecular complexity index is 1400. The minimum atomic E-state index is -0.559. The highest BCUT2D eigenvalue weighted by molar-refractivity contribution is 8.27. The van der Waals surface area contributed by atoms with Crippen molar-refractivity contribution in [2.24, 2.45) is 5.73 Å². The number of nitrogens with two attached hydrogens (primary N) is 1. The van der Waals surface area contributed by atoms with Crippen LogP contribution in [0.3, 0.4) is 0 Å². The van der Waals surface area contributed by atoms with Crippen LogP contribution < -0.4 is 20.1 Å². The Kier molecular flexibility index (Phi) is 9.12. The second kappa shape index (κ2) is 13.1. The fourth-order valence-corrected chi connectivity index (χ4v) is 5.65. The van der Waals surface area contributed by atoms with Crippen LogP contribution >= 0.6 is 24.0 Å². The molecular formula is C30H29N3O5S2. The van der Waals surface area contributed by atoms with Crippen LogP contribution in [0.15, 0.2) is 77.7 Å². The zero-order valence-corrected chi connectivity index (χ0v) is 23.4. The van der Waals surface area contributed by atoms with Gasteiger partial charge in [-0.25, -0.2) is 0 Å². The van der Waals surface area contributed by atoms with Gasteiger partial charge < -0.3 is 19.9 Å². The van der Waals surface area contributed by atoms with Crippen LogP contribution in [0.1, 0.15) is 22.3 Å². The van der Waals surface area contributed by atoms with Gasteiger partial charge in [-0.3, -0.25) is 19.4 Å². The third-order valence-electron chi connectivity index (χ3n) is 6.44. The Balaban J connectivity index is 1.17. The summed E-state index contributed by atoms with van der Waals surface area (Å²) in [5.74, 6) is 0.947. The first kappa shape index (κ1) is 27.9. The predicted octanol–water partition coefficient (Wildman–Crippen LogP) is 5.08. The van der Waals surface area contributed by atoms with E-state index in [-0.39, 0.29) is 5.91 Å². The molecule has 0 saturated carbocycles. The summed E-state index contributed by atoms with van der Waals surface area (Å²) in [7, 11) is 0. The van der Waals surface area contributed by atoms with Gasteiger partial charge in [-0.05, 0) is 66.6 Å². The van der Waals surface area contributed by atoms with Crippen LogP contribution in [0, 0.1) is 0 Å². The minimum Gasteiger partial charge on any atom is -0.494 e. The normalized spacial score (nSPS) is 16.9. The molecule has 10 heteroatoms. The number of carbonyl (C=O) groups is 2. The smallest absolute Gasteiger partial charge is 0.270 e. The summed E-state index contributed by atoms with van der Waals surface area (Å²) in [5, 5.41) is 0. The molecule has 0 bridgehead atoms. The molecule has 2 amide bonds. The highest BCUT2D eigenvalue weighted by atomic mass is 32.2. The Morgan fingerprint density at radius 1 is 1.00 bits per heavy atom. The molecule has 0 unspecified atom stereocenters. The third kappa shape index (κ3) is 6.89. The molecule has 3 aromatic carbocycles. The minimum absolute atomic E-state index is 0.176. The molecule has 2 N–H and O–H groups in total. The van der Waals surface area contributed by atoms with Gasteiger partial charge in [-0.15, -0.1) is 0 Å². The standard InChI is InChI=1S/C30H29N3O5S2/c31-28(34)25-4-1-2-5-26(25)38-24-10-6-21(7-11-24)20-27-29(35)33(30(39)40-27)22-8-12-23(13-9-22)37-17-3-14-32-15-18-36-19-16-32/h1-2,4-13,20H,3,14-19H2,(H2,31,34)/b27-20-. The number of primary amides is 1. The van der Waals surface area contributed by atoms with Gasteiger partial charge in [-0.2, -0.15) is 0 Å². The summed E-state index contributed by atoms with van der Waals surface area (Å²) in [5.41, 5.74) is 7.25. The van der Waals surface area contributed by atoms with Crippen molar-refractivity contribution in [2.75, 3.05) is 44.4 Å². The SMILES string of the molecule is NC(=O)c1ccccc1Oc1ccc(/C=C2\SC(=S)N(c3ccc(OCCCN4CCOCC4)cc3)C2=O)cc1. The number of anilines is 1. The zero-order valence-electron chi connectivity index (χ0n) is 21.8. The van der Waals surface area contributed by atoms with Crippen molar-refractivity contribution in [3.05, 3.63) is 88.8 Å². The topological polar surface area (TPSA) is 94.3 Å². The van der Waals surface area contributed by atoms with Gasteiger partial charge in [0, 0.05) is 19.6 Å². The van der Waals surface area contributed by atoms with Crippen LogP contribution in [0.4, 0.5) is 5.69 Å². The van der Waals surface area contributed by atoms with E-state index in [0.29, 0.717) is 38.6 Å². The van der Waals surface area contributed by atoms with Crippen molar-refractivity contribution < 1.29 is 23.8 Å². The van der Waals surface area contributed by atoms with Crippen LogP contribution in [0.2, 0.25) is 0 Å². The second-order valence-corrected chi connectivity index (χ2v) is 10.9. The van der Waals surface area contributed by atoms with Gasteiger partial charge in [-0.1, -0.05) is 48.2 Å². The van der Waals surface area contributed by atoms with Crippen molar-refractivity contribution in [3.63, 3.8) is 0 Å². The Labute approximate surface area is 242 Å². The molecule has 2 heterocycles. The average Bonchev–Trinajstić information content (AvgIpc) is 3.25. The number of hydrogen-bond acceptors (Lipinski definition) is 8. The van der Waals surface area contributed by atoms with Gasteiger partial charge >= 0.3 is 0 Å². The first-order valence-electron chi connectivity index (χ1n) is 13.0. The summed E-state index contributed by atoms with van der Waals surface area (Å²) in [6.45, 7) is 5.15. The molecule has 206 valence electrons. The summed E-state index contributed by atoms with van der Waals surface area (Å²) >= 11 is 6.78. The molecule has 8 nitrogen and oxygen atoms in total. The summed E-state index contributed by atoms with van der Waals surface area (Å²) in [6, 6.07) is 21.4. The van der Waals surface area contributed by atoms with Crippen molar-refractivity contribution in [3.8, 4) is 17.2 Å². The summed E-state index contributed by atoms with van der Waals surface area (Å²) in [4.78, 5) is 29.3. The van der Waals surface area contributed by atoms with Crippen LogP contribution in [0.25, 0.3) is 6.08 Å². The molecule has 2 saturated heterocycles. The lowest BCUT2D eigenvalue weighted by Crippen LogP contribution is -2.37. The van der Waals surface area contributed by atoms with E-state index in [9.17, 15) is 9.59 Å². The average molecular weight is 576 g/mol. The van der Waals surface area contributed by atoms with Gasteiger partial charge in [0.1, 0.15) is 17.2 Å². The van der Waals surface area contributed by atoms with Gasteiger partial charge in [0.05, 0.1) is 36.0 Å². The molecule has 5 rings (SSSR count). The fraction of sp³-hybridized carbons (Fsp3) is 0.233. The van der Waals surface area contributed by atoms with E-state index in [1.165, 1.54) is 16.7 Å². The van der Waals surface area contributed by atoms with Crippen LogP contribution in [0.5, 0.6) is 17.2 Å². The van der Waals surface area contributed by atoms with Crippen molar-refractivity contribution in [1.82, 2.24) is 4.90 Å². The predicted molar refractivity (Wildman–Crippen MR) is 161 cm³/mol. The van der Waals surface area contributed by atoms with Crippen LogP contribution in [-0.2, 0) is 9.53 Å². The highest BCUT2D eigenvalue weighted by Crippen LogP contribution is 2.37. The number of ether oxygens (including phenoxy) is 3. The van der Waals surface area contributed by atoms with Crippen molar-refractivity contribution in [2.45, 2.75) is 6.42 Å². The highest BCUT2D eigenvalue weighted by Gasteiger charge is 2.33. The number of hydrogen-bond donors (Lipinski definition) is 1. The van der Waals surface area contributed by atoms with Gasteiger partial charge in [0.2, 0.25) is 0 Å². The molecule has 2 aliphatic heterocycles. The number of rotatable bonds is 10. The van der Waals surface area contributed by atoms with E-state index < -0.39 is 5.91 Å². The van der Waals surface area contributed by atoms with E-state index >= 15 is 0 Å². The summed E-state index contributed by atoms with van der Waals surface area (Å²) in [6.07, 6.45) is 2.74. The van der Waals surface area contributed by atoms with E-state index in [2.05, 4.69) is 4.90 Å². The maximum absolute atomic E-state index is 13.2. The monoisotopic (exact) mass is 575 g/mol. The maximum Gasteiger partial charge on any atom is 0.270 e. The molecule has 0 aromatic heterocycles. The quantitative estimate of drug-likeness (QED) is 0.203. The number of thioether (sulfide) groups is 1. The molecule has 2 fully saturated rings. The molecular weight excluding hydrogens is 546 g/mol. The van der Waals surface area contributed by atoms with E-state index in [1.54, 1.807) is 42.5 Å². The molecule has 0 radical (unpaired) electrons. The van der Waals surface area contributed by atoms with Crippen molar-refractivity contribution in [1.29, 1.82) is 0 Å². The number of para-hydroxylation sites is 1. The van der Waals surface area contributed by atoms with Gasteiger partial charge in [0.25, 0.3) is 11.8 Å². The molecule has 40 heavy (non-hydrogen) atoms. The Hall–Kier alpha value is -3.70. The van der Waals surface area contributed by atoms with E-state index in [1.807, 2.05) is 36.4 Å². The number of benzene rings is 3. The molecule has 0 spiro atoms. The molecule has 0 aliphatic carbocycles. The lowest BCUT2D eigenvalue weighted by atomic mass is 10.2. The van der Waals surface area contributed by atoms with Crippen LogP contribution in [-0.4, -0.2) is 60.5 Å². The number of nitrogens with zero attached hydrogens (tertiary/aromatic N) is 2. The van der Waals surface area contributed by atoms with E-state index in [4.69, 9.17) is 32.2 Å². The fourth-order valence-electron chi connectivity index (χ4n) is 4.35. The van der Waals surface area contributed by atoms with E-state index in [0.717, 1.165) is 50.6 Å². The Morgan fingerprint density at radius 2 is 1.70 bits per heavy atom. The number of morpholine rings is 1. The van der Waals surface area contributed by atoms with Gasteiger partial charge in [0.15, 0.2) is 4.32 Å². The first-order chi connectivity index (χ1) is 19.5. The lowest BCUT2D eigenvalue weighted by molar-refractivity contribution is -0.113. The number of amides is 2. The molecule has 0 atom stereocenters. The largest absolute Gasteiger partial charge is 0.494 e. The summed E-state index contributed by atoms with van der Waals surface area (Å²) < 4.78 is 17.6. The number of carbonyl (C=O) groups excluding carboxylic acids is 2. The first-order valence-corrected chi connectivity index (χ1v) is 14.2. The molecule has 2 aliphatic rings. The number of thiocarbonyl (C=S) groups is 1. The van der Waals surface area contributed by atoms with Crippen molar-refractivity contribution >= 4 is 51.9 Å². The lowest BCUT2D eigenvalue weighted by Gasteiger charge is -2.26.